The van der Waals surface area contributed by atoms with E-state index in [0.29, 0.717) is 12.2 Å². The number of aliphatic hydroxyl groups is 1. The lowest BCUT2D eigenvalue weighted by Crippen LogP contribution is -2.80. The van der Waals surface area contributed by atoms with E-state index in [1.807, 2.05) is 31.0 Å². The van der Waals surface area contributed by atoms with Crippen molar-refractivity contribution in [3.8, 4) is 5.75 Å². The first kappa shape index (κ1) is 22.2. The first-order valence-corrected chi connectivity index (χ1v) is 11.5. The van der Waals surface area contributed by atoms with Crippen LogP contribution < -0.4 is 9.64 Å². The molecule has 0 unspecified atom stereocenters. The van der Waals surface area contributed by atoms with E-state index in [1.54, 1.807) is 7.11 Å². The van der Waals surface area contributed by atoms with E-state index in [2.05, 4.69) is 23.1 Å². The smallest absolute Gasteiger partial charge is 0.341 e. The summed E-state index contributed by atoms with van der Waals surface area (Å²) in [5.41, 5.74) is -1.53. The molecule has 178 valence electrons. The summed E-state index contributed by atoms with van der Waals surface area (Å²) in [6.45, 7) is 3.58. The number of anilines is 1. The molecule has 0 amide bonds. The van der Waals surface area contributed by atoms with Crippen molar-refractivity contribution in [1.82, 2.24) is 4.90 Å². The summed E-state index contributed by atoms with van der Waals surface area (Å²) >= 11 is 0. The Morgan fingerprint density at radius 2 is 1.94 bits per heavy atom. The second-order valence-corrected chi connectivity index (χ2v) is 9.73. The van der Waals surface area contributed by atoms with E-state index in [9.17, 15) is 14.7 Å². The lowest BCUT2D eigenvalue weighted by Gasteiger charge is -2.63. The third kappa shape index (κ3) is 2.38. The van der Waals surface area contributed by atoms with Crippen LogP contribution in [0.4, 0.5) is 5.69 Å². The van der Waals surface area contributed by atoms with Crippen molar-refractivity contribution < 1.29 is 28.9 Å². The zero-order valence-corrected chi connectivity index (χ0v) is 19.8. The number of nitrogens with zero attached hydrogens (tertiary/aromatic N) is 2. The number of esters is 2. The number of likely N-dealkylation sites (N-methyl/N-ethyl adjacent to an activating group) is 1. The van der Waals surface area contributed by atoms with E-state index < -0.39 is 40.3 Å². The minimum absolute atomic E-state index is 0.0869. The molecule has 6 atom stereocenters. The number of fused-ring (bicyclic) bond motifs is 1. The molecule has 1 aromatic carbocycles. The third-order valence-electron chi connectivity index (χ3n) is 8.86. The van der Waals surface area contributed by atoms with E-state index in [-0.39, 0.29) is 6.04 Å². The number of rotatable bonds is 4. The average Bonchev–Trinajstić information content (AvgIpc) is 3.35. The topological polar surface area (TPSA) is 88.5 Å². The van der Waals surface area contributed by atoms with Crippen molar-refractivity contribution >= 4 is 17.6 Å². The highest BCUT2D eigenvalue weighted by Gasteiger charge is 2.80. The summed E-state index contributed by atoms with van der Waals surface area (Å²) in [6.07, 6.45) is 5.42. The van der Waals surface area contributed by atoms with Gasteiger partial charge in [-0.3, -0.25) is 9.69 Å². The molecule has 0 radical (unpaired) electrons. The third-order valence-corrected chi connectivity index (χ3v) is 8.86. The van der Waals surface area contributed by atoms with Gasteiger partial charge in [0.2, 0.25) is 0 Å². The number of benzene rings is 1. The van der Waals surface area contributed by atoms with Gasteiger partial charge in [-0.25, -0.2) is 4.79 Å². The van der Waals surface area contributed by atoms with Crippen molar-refractivity contribution in [3.63, 3.8) is 0 Å². The van der Waals surface area contributed by atoms with Crippen molar-refractivity contribution in [3.05, 3.63) is 35.9 Å². The Morgan fingerprint density at radius 3 is 2.58 bits per heavy atom. The van der Waals surface area contributed by atoms with E-state index in [4.69, 9.17) is 14.2 Å². The lowest BCUT2D eigenvalue weighted by molar-refractivity contribution is -0.209. The Bertz CT molecular complexity index is 1040. The Kier molecular flexibility index (Phi) is 4.85. The second-order valence-electron chi connectivity index (χ2n) is 9.73. The van der Waals surface area contributed by atoms with Gasteiger partial charge >= 0.3 is 11.9 Å². The molecule has 2 fully saturated rings. The Hall–Kier alpha value is -2.58. The Balaban J connectivity index is 1.88. The summed E-state index contributed by atoms with van der Waals surface area (Å²) in [5.74, 6) is -1.83. The van der Waals surface area contributed by atoms with Crippen LogP contribution in [-0.2, 0) is 24.5 Å². The molecule has 1 aromatic rings. The molecule has 1 spiro atoms. The van der Waals surface area contributed by atoms with Crippen LogP contribution in [0.15, 0.2) is 30.4 Å². The maximum absolute atomic E-state index is 13.5. The highest BCUT2D eigenvalue weighted by molar-refractivity contribution is 5.92. The molecule has 3 heterocycles. The van der Waals surface area contributed by atoms with Crippen LogP contribution in [0, 0.1) is 11.3 Å². The summed E-state index contributed by atoms with van der Waals surface area (Å²) < 4.78 is 15.9. The predicted octanol–water partition coefficient (Wildman–Crippen LogP) is 1.50. The molecule has 8 heteroatoms. The first-order valence-electron chi connectivity index (χ1n) is 11.5. The predicted molar refractivity (Wildman–Crippen MR) is 121 cm³/mol. The summed E-state index contributed by atoms with van der Waals surface area (Å²) in [4.78, 5) is 31.3. The molecule has 0 bridgehead atoms. The van der Waals surface area contributed by atoms with Crippen LogP contribution in [-0.4, -0.2) is 81.1 Å². The molecule has 1 N–H and O–H groups in total. The molecule has 4 aliphatic rings. The standard InChI is InChI=1S/C25H32N2O6/c1-6-23-10-7-12-27-13-11-24(20(23)27)16-9-8-15(31-3)14-17(16)26(2)21(24)25(30,22(29)33-5)18(23)19(28)32-4/h7-10,14,18,20-21,30H,6,11-13H2,1-5H3/t18-,20+,21+,23+,24+,25-/m1/s1. The number of carbonyl (C=O) groups is 2. The number of methoxy groups -OCH3 is 3. The van der Waals surface area contributed by atoms with Gasteiger partial charge in [-0.2, -0.15) is 0 Å². The number of hydrogen-bond acceptors (Lipinski definition) is 8. The molecule has 1 aliphatic carbocycles. The molecular weight excluding hydrogens is 424 g/mol. The molecule has 5 rings (SSSR count). The van der Waals surface area contributed by atoms with Gasteiger partial charge in [0.05, 0.1) is 27.4 Å². The largest absolute Gasteiger partial charge is 0.497 e. The molecular formula is C25H32N2O6. The zero-order valence-electron chi connectivity index (χ0n) is 19.8. The quantitative estimate of drug-likeness (QED) is 0.539. The molecule has 1 saturated carbocycles. The van der Waals surface area contributed by atoms with E-state index in [0.717, 1.165) is 30.8 Å². The highest BCUT2D eigenvalue weighted by atomic mass is 16.5. The van der Waals surface area contributed by atoms with Crippen LogP contribution in [0.5, 0.6) is 5.75 Å². The Labute approximate surface area is 194 Å². The highest BCUT2D eigenvalue weighted by Crippen LogP contribution is 2.68. The van der Waals surface area contributed by atoms with Crippen molar-refractivity contribution in [1.29, 1.82) is 0 Å². The van der Waals surface area contributed by atoms with E-state index >= 15 is 0 Å². The number of hydrogen-bond donors (Lipinski definition) is 1. The lowest BCUT2D eigenvalue weighted by atomic mass is 9.45. The van der Waals surface area contributed by atoms with Crippen LogP contribution in [0.2, 0.25) is 0 Å². The molecule has 0 aromatic heterocycles. The van der Waals surface area contributed by atoms with Gasteiger partial charge in [-0.05, 0) is 31.0 Å². The zero-order chi connectivity index (χ0) is 23.8. The second kappa shape index (κ2) is 7.21. The summed E-state index contributed by atoms with van der Waals surface area (Å²) in [6, 6.07) is 5.15. The number of ether oxygens (including phenoxy) is 3. The fraction of sp³-hybridized carbons (Fsp3) is 0.600. The Morgan fingerprint density at radius 1 is 1.18 bits per heavy atom. The average molecular weight is 457 g/mol. The first-order chi connectivity index (χ1) is 15.8. The van der Waals surface area contributed by atoms with Crippen LogP contribution >= 0.6 is 0 Å². The maximum Gasteiger partial charge on any atom is 0.341 e. The van der Waals surface area contributed by atoms with Gasteiger partial charge < -0.3 is 24.2 Å². The SMILES string of the molecule is CC[C@]12C=CCN3CC[C@]4(c5ccc(OC)cc5N(C)[C@@H]4[C@@](O)(C(=O)OC)[C@@H]1C(=O)OC)[C@@H]32. The molecule has 33 heavy (non-hydrogen) atoms. The minimum Gasteiger partial charge on any atom is -0.497 e. The van der Waals surface area contributed by atoms with E-state index in [1.165, 1.54) is 14.2 Å². The molecule has 3 aliphatic heterocycles. The summed E-state index contributed by atoms with van der Waals surface area (Å²) in [7, 11) is 6.06. The molecule has 1 saturated heterocycles. The minimum atomic E-state index is -2.12. The summed E-state index contributed by atoms with van der Waals surface area (Å²) in [5, 5.41) is 12.5. The van der Waals surface area contributed by atoms with Crippen LogP contribution in [0.1, 0.15) is 25.3 Å². The van der Waals surface area contributed by atoms with Crippen molar-refractivity contribution in [2.75, 3.05) is 46.4 Å². The fourth-order valence-corrected chi connectivity index (χ4v) is 7.89. The van der Waals surface area contributed by atoms with Crippen LogP contribution in [0.3, 0.4) is 0 Å². The van der Waals surface area contributed by atoms with Gasteiger partial charge in [0.25, 0.3) is 0 Å². The van der Waals surface area contributed by atoms with Gasteiger partial charge in [-0.1, -0.05) is 25.1 Å². The monoisotopic (exact) mass is 456 g/mol. The van der Waals surface area contributed by atoms with Crippen molar-refractivity contribution in [2.45, 2.75) is 42.9 Å². The van der Waals surface area contributed by atoms with Crippen LogP contribution in [0.25, 0.3) is 0 Å². The number of carbonyl (C=O) groups excluding carboxylic acids is 2. The van der Waals surface area contributed by atoms with Gasteiger partial charge in [0.15, 0.2) is 5.60 Å². The normalized spacial score (nSPS) is 38.4. The maximum atomic E-state index is 13.5. The van der Waals surface area contributed by atoms with Gasteiger partial charge in [-0.15, -0.1) is 0 Å². The fourth-order valence-electron chi connectivity index (χ4n) is 7.89. The van der Waals surface area contributed by atoms with Crippen molar-refractivity contribution in [2.24, 2.45) is 11.3 Å². The molecule has 8 nitrogen and oxygen atoms in total. The van der Waals surface area contributed by atoms with Gasteiger partial charge in [0.1, 0.15) is 11.7 Å². The van der Waals surface area contributed by atoms with Gasteiger partial charge in [0, 0.05) is 42.2 Å².